The van der Waals surface area contributed by atoms with Crippen molar-refractivity contribution >= 4 is 29.1 Å². The van der Waals surface area contributed by atoms with Crippen LogP contribution in [0, 0.1) is 0 Å². The maximum Gasteiger partial charge on any atom is 0.253 e. The van der Waals surface area contributed by atoms with Gasteiger partial charge in [-0.1, -0.05) is 0 Å². The lowest BCUT2D eigenvalue weighted by atomic mass is 10.1. The number of rotatable bonds is 6. The molecule has 1 aromatic carbocycles. The van der Waals surface area contributed by atoms with Gasteiger partial charge in [0.05, 0.1) is 0 Å². The Kier molecular flexibility index (Phi) is 6.05. The van der Waals surface area contributed by atoms with Gasteiger partial charge < -0.3 is 10.2 Å². The van der Waals surface area contributed by atoms with E-state index in [1.807, 2.05) is 4.90 Å². The van der Waals surface area contributed by atoms with E-state index in [1.165, 1.54) is 0 Å². The molecular formula is C16H21ClN2O2. The van der Waals surface area contributed by atoms with Crippen LogP contribution in [0.4, 0.5) is 5.69 Å². The molecule has 4 nitrogen and oxygen atoms in total. The third kappa shape index (κ3) is 4.74. The molecule has 21 heavy (non-hydrogen) atoms. The number of benzene rings is 1. The van der Waals surface area contributed by atoms with Gasteiger partial charge in [-0.2, -0.15) is 0 Å². The molecule has 2 rings (SSSR count). The molecule has 1 fully saturated rings. The summed E-state index contributed by atoms with van der Waals surface area (Å²) in [7, 11) is 0. The Balaban J connectivity index is 1.86. The highest BCUT2D eigenvalue weighted by Gasteiger charge is 2.19. The number of unbranched alkanes of at least 4 members (excludes halogenated alkanes) is 1. The third-order valence-corrected chi connectivity index (χ3v) is 3.86. The lowest BCUT2D eigenvalue weighted by Crippen LogP contribution is -2.27. The fourth-order valence-corrected chi connectivity index (χ4v) is 2.59. The molecule has 1 saturated heterocycles. The monoisotopic (exact) mass is 308 g/mol. The van der Waals surface area contributed by atoms with Crippen LogP contribution in [-0.2, 0) is 4.79 Å². The molecule has 1 aromatic rings. The molecule has 1 heterocycles. The molecule has 1 aliphatic rings. The second-order valence-electron chi connectivity index (χ2n) is 5.27. The molecule has 0 saturated carbocycles. The maximum absolute atomic E-state index is 12.2. The Morgan fingerprint density at radius 2 is 1.76 bits per heavy atom. The number of nitrogens with one attached hydrogen (secondary N) is 1. The van der Waals surface area contributed by atoms with Crippen molar-refractivity contribution in [2.45, 2.75) is 32.1 Å². The van der Waals surface area contributed by atoms with Crippen molar-refractivity contribution in [3.8, 4) is 0 Å². The zero-order valence-corrected chi connectivity index (χ0v) is 12.9. The van der Waals surface area contributed by atoms with Crippen molar-refractivity contribution in [1.29, 1.82) is 0 Å². The van der Waals surface area contributed by atoms with E-state index in [0.717, 1.165) is 44.5 Å². The fourth-order valence-electron chi connectivity index (χ4n) is 2.40. The molecule has 1 N–H and O–H groups in total. The molecule has 0 aromatic heterocycles. The molecule has 0 radical (unpaired) electrons. The van der Waals surface area contributed by atoms with E-state index in [-0.39, 0.29) is 11.8 Å². The minimum absolute atomic E-state index is 0.0151. The normalized spacial score (nSPS) is 14.2. The average Bonchev–Trinajstić information content (AvgIpc) is 3.02. The second kappa shape index (κ2) is 8.03. The van der Waals surface area contributed by atoms with Crippen LogP contribution in [0.3, 0.4) is 0 Å². The SMILES string of the molecule is O=C(CCCCCl)Nc1ccc(C(=O)N2CCCC2)cc1. The van der Waals surface area contributed by atoms with Gasteiger partial charge in [-0.15, -0.1) is 11.6 Å². The minimum Gasteiger partial charge on any atom is -0.339 e. The first kappa shape index (κ1) is 15.8. The molecule has 1 aliphatic heterocycles. The standard InChI is InChI=1S/C16H21ClN2O2/c17-10-2-1-5-15(20)18-14-8-6-13(7-9-14)16(21)19-11-3-4-12-19/h6-9H,1-5,10-12H2,(H,18,20). The van der Waals surface area contributed by atoms with Gasteiger partial charge in [-0.05, 0) is 49.9 Å². The van der Waals surface area contributed by atoms with E-state index >= 15 is 0 Å². The van der Waals surface area contributed by atoms with Crippen molar-refractivity contribution in [2.75, 3.05) is 24.3 Å². The maximum atomic E-state index is 12.2. The van der Waals surface area contributed by atoms with Gasteiger partial charge in [0.15, 0.2) is 0 Å². The molecule has 2 amide bonds. The summed E-state index contributed by atoms with van der Waals surface area (Å²) in [5, 5.41) is 2.83. The Labute approximate surface area is 130 Å². The number of likely N-dealkylation sites (tertiary alicyclic amines) is 1. The summed E-state index contributed by atoms with van der Waals surface area (Å²) in [5.74, 6) is 0.645. The van der Waals surface area contributed by atoms with Gasteiger partial charge in [-0.25, -0.2) is 0 Å². The van der Waals surface area contributed by atoms with Gasteiger partial charge >= 0.3 is 0 Å². The molecule has 0 bridgehead atoms. The zero-order valence-electron chi connectivity index (χ0n) is 12.1. The van der Waals surface area contributed by atoms with Crippen LogP contribution in [0.15, 0.2) is 24.3 Å². The van der Waals surface area contributed by atoms with E-state index in [1.54, 1.807) is 24.3 Å². The van der Waals surface area contributed by atoms with E-state index in [2.05, 4.69) is 5.32 Å². The first-order chi connectivity index (χ1) is 10.2. The Bertz CT molecular complexity index is 482. The van der Waals surface area contributed by atoms with Crippen LogP contribution in [-0.4, -0.2) is 35.7 Å². The highest BCUT2D eigenvalue weighted by Crippen LogP contribution is 2.15. The lowest BCUT2D eigenvalue weighted by Gasteiger charge is -2.15. The van der Waals surface area contributed by atoms with Gasteiger partial charge in [0, 0.05) is 36.6 Å². The summed E-state index contributed by atoms with van der Waals surface area (Å²) in [6, 6.07) is 7.11. The summed E-state index contributed by atoms with van der Waals surface area (Å²) in [5.41, 5.74) is 1.40. The van der Waals surface area contributed by atoms with E-state index in [0.29, 0.717) is 17.9 Å². The Morgan fingerprint density at radius 3 is 2.38 bits per heavy atom. The topological polar surface area (TPSA) is 49.4 Å². The number of hydrogen-bond acceptors (Lipinski definition) is 2. The molecule has 0 atom stereocenters. The smallest absolute Gasteiger partial charge is 0.253 e. The number of amides is 2. The number of nitrogens with zero attached hydrogens (tertiary/aromatic N) is 1. The van der Waals surface area contributed by atoms with Gasteiger partial charge in [0.25, 0.3) is 5.91 Å². The number of carbonyl (C=O) groups is 2. The second-order valence-corrected chi connectivity index (χ2v) is 5.65. The molecular weight excluding hydrogens is 288 g/mol. The zero-order chi connectivity index (χ0) is 15.1. The number of anilines is 1. The van der Waals surface area contributed by atoms with Crippen LogP contribution in [0.25, 0.3) is 0 Å². The van der Waals surface area contributed by atoms with Gasteiger partial charge in [-0.3, -0.25) is 9.59 Å². The van der Waals surface area contributed by atoms with Crippen LogP contribution >= 0.6 is 11.6 Å². The van der Waals surface area contributed by atoms with Gasteiger partial charge in [0.1, 0.15) is 0 Å². The quantitative estimate of drug-likeness (QED) is 0.647. The van der Waals surface area contributed by atoms with Crippen molar-refractivity contribution in [1.82, 2.24) is 4.90 Å². The largest absolute Gasteiger partial charge is 0.339 e. The predicted molar refractivity (Wildman–Crippen MR) is 84.8 cm³/mol. The number of alkyl halides is 1. The lowest BCUT2D eigenvalue weighted by molar-refractivity contribution is -0.116. The summed E-state index contributed by atoms with van der Waals surface area (Å²) in [6.07, 6.45) is 4.28. The van der Waals surface area contributed by atoms with Gasteiger partial charge in [0.2, 0.25) is 5.91 Å². The number of carbonyl (C=O) groups excluding carboxylic acids is 2. The van der Waals surface area contributed by atoms with E-state index in [4.69, 9.17) is 11.6 Å². The Morgan fingerprint density at radius 1 is 1.10 bits per heavy atom. The molecule has 0 aliphatic carbocycles. The summed E-state index contributed by atoms with van der Waals surface area (Å²) >= 11 is 5.58. The van der Waals surface area contributed by atoms with E-state index < -0.39 is 0 Å². The molecule has 114 valence electrons. The minimum atomic E-state index is -0.0151. The van der Waals surface area contributed by atoms with Crippen molar-refractivity contribution in [2.24, 2.45) is 0 Å². The number of halogens is 1. The van der Waals surface area contributed by atoms with Crippen molar-refractivity contribution in [3.05, 3.63) is 29.8 Å². The first-order valence-electron chi connectivity index (χ1n) is 7.46. The van der Waals surface area contributed by atoms with Crippen LogP contribution in [0.5, 0.6) is 0 Å². The highest BCUT2D eigenvalue weighted by atomic mass is 35.5. The summed E-state index contributed by atoms with van der Waals surface area (Å²) in [4.78, 5) is 25.7. The third-order valence-electron chi connectivity index (χ3n) is 3.60. The van der Waals surface area contributed by atoms with Crippen LogP contribution in [0.2, 0.25) is 0 Å². The summed E-state index contributed by atoms with van der Waals surface area (Å²) < 4.78 is 0. The fraction of sp³-hybridized carbons (Fsp3) is 0.500. The van der Waals surface area contributed by atoms with Crippen molar-refractivity contribution < 1.29 is 9.59 Å². The van der Waals surface area contributed by atoms with Crippen LogP contribution < -0.4 is 5.32 Å². The molecule has 0 spiro atoms. The Hall–Kier alpha value is -1.55. The average molecular weight is 309 g/mol. The number of hydrogen-bond donors (Lipinski definition) is 1. The highest BCUT2D eigenvalue weighted by molar-refractivity contribution is 6.17. The van der Waals surface area contributed by atoms with Crippen LogP contribution in [0.1, 0.15) is 42.5 Å². The summed E-state index contributed by atoms with van der Waals surface area (Å²) in [6.45, 7) is 1.69. The van der Waals surface area contributed by atoms with E-state index in [9.17, 15) is 9.59 Å². The molecule has 0 unspecified atom stereocenters. The predicted octanol–water partition coefficient (Wildman–Crippen LogP) is 3.27. The first-order valence-corrected chi connectivity index (χ1v) is 7.99. The van der Waals surface area contributed by atoms with Crippen molar-refractivity contribution in [3.63, 3.8) is 0 Å². The molecule has 5 heteroatoms.